The zero-order valence-corrected chi connectivity index (χ0v) is 13.2. The average molecular weight is 314 g/mol. The summed E-state index contributed by atoms with van der Waals surface area (Å²) in [6.07, 6.45) is 5.36. The number of benzene rings is 1. The first kappa shape index (κ1) is 15.7. The Morgan fingerprint density at radius 2 is 1.70 bits per heavy atom. The Morgan fingerprint density at radius 3 is 2.25 bits per heavy atom. The van der Waals surface area contributed by atoms with E-state index < -0.39 is 0 Å². The van der Waals surface area contributed by atoms with Gasteiger partial charge in [-0.05, 0) is 37.0 Å². The van der Waals surface area contributed by atoms with Gasteiger partial charge in [-0.15, -0.1) is 11.6 Å². The van der Waals surface area contributed by atoms with Gasteiger partial charge < -0.3 is 4.90 Å². The molecule has 20 heavy (non-hydrogen) atoms. The maximum Gasteiger partial charge on any atom is 0.230 e. The molecule has 2 nitrogen and oxygen atoms in total. The van der Waals surface area contributed by atoms with Crippen molar-refractivity contribution < 1.29 is 4.79 Å². The summed E-state index contributed by atoms with van der Waals surface area (Å²) >= 11 is 11.8. The molecule has 1 saturated heterocycles. The van der Waals surface area contributed by atoms with Crippen LogP contribution in [0.1, 0.15) is 43.6 Å². The Hall–Kier alpha value is -0.730. The molecule has 0 saturated carbocycles. The summed E-state index contributed by atoms with van der Waals surface area (Å²) in [7, 11) is 0. The first-order valence-corrected chi connectivity index (χ1v) is 8.24. The van der Waals surface area contributed by atoms with Crippen molar-refractivity contribution in [1.29, 1.82) is 0 Å². The number of amides is 1. The van der Waals surface area contributed by atoms with Crippen LogP contribution in [0.5, 0.6) is 0 Å². The van der Waals surface area contributed by atoms with Crippen molar-refractivity contribution in [2.24, 2.45) is 0 Å². The number of halogens is 2. The predicted octanol–water partition coefficient (Wildman–Crippen LogP) is 4.46. The number of hydrogen-bond acceptors (Lipinski definition) is 1. The highest BCUT2D eigenvalue weighted by molar-refractivity contribution is 6.30. The van der Waals surface area contributed by atoms with Crippen molar-refractivity contribution in [3.8, 4) is 0 Å². The summed E-state index contributed by atoms with van der Waals surface area (Å²) in [4.78, 5) is 14.8. The smallest absolute Gasteiger partial charge is 0.230 e. The number of nitrogens with zero attached hydrogens (tertiary/aromatic N) is 1. The van der Waals surface area contributed by atoms with Crippen LogP contribution in [0.25, 0.3) is 0 Å². The molecule has 0 aliphatic carbocycles. The van der Waals surface area contributed by atoms with Crippen LogP contribution in [0.3, 0.4) is 0 Å². The average Bonchev–Trinajstić information content (AvgIpc) is 2.74. The molecule has 1 heterocycles. The lowest BCUT2D eigenvalue weighted by Crippen LogP contribution is -2.36. The minimum Gasteiger partial charge on any atom is -0.342 e. The van der Waals surface area contributed by atoms with Crippen molar-refractivity contribution in [2.75, 3.05) is 19.0 Å². The lowest BCUT2D eigenvalue weighted by atomic mass is 9.95. The molecule has 1 unspecified atom stereocenters. The maximum atomic E-state index is 12.8. The van der Waals surface area contributed by atoms with E-state index in [4.69, 9.17) is 23.2 Å². The van der Waals surface area contributed by atoms with E-state index in [0.717, 1.165) is 31.5 Å². The number of hydrogen-bond donors (Lipinski definition) is 0. The third-order valence-corrected chi connectivity index (χ3v) is 4.36. The molecule has 1 aromatic rings. The van der Waals surface area contributed by atoms with Gasteiger partial charge >= 0.3 is 0 Å². The van der Waals surface area contributed by atoms with Crippen molar-refractivity contribution in [3.63, 3.8) is 0 Å². The quantitative estimate of drug-likeness (QED) is 0.752. The van der Waals surface area contributed by atoms with Gasteiger partial charge in [0.05, 0.1) is 5.92 Å². The van der Waals surface area contributed by atoms with E-state index in [1.165, 1.54) is 12.8 Å². The first-order valence-electron chi connectivity index (χ1n) is 7.32. The van der Waals surface area contributed by atoms with E-state index in [0.29, 0.717) is 17.3 Å². The molecule has 1 amide bonds. The molecule has 2 rings (SSSR count). The molecule has 110 valence electrons. The summed E-state index contributed by atoms with van der Waals surface area (Å²) in [5.41, 5.74) is 1.02. The molecule has 1 fully saturated rings. The fourth-order valence-electron chi connectivity index (χ4n) is 2.75. The second kappa shape index (κ2) is 7.90. The summed E-state index contributed by atoms with van der Waals surface area (Å²) in [6.45, 7) is 1.76. The van der Waals surface area contributed by atoms with Gasteiger partial charge in [0, 0.05) is 24.0 Å². The molecule has 1 atom stereocenters. The zero-order chi connectivity index (χ0) is 14.4. The van der Waals surface area contributed by atoms with E-state index in [1.807, 2.05) is 29.2 Å². The lowest BCUT2D eigenvalue weighted by Gasteiger charge is -2.26. The fraction of sp³-hybridized carbons (Fsp3) is 0.562. The number of alkyl halides is 1. The molecular formula is C16H21Cl2NO. The first-order chi connectivity index (χ1) is 9.72. The lowest BCUT2D eigenvalue weighted by molar-refractivity contribution is -0.132. The molecule has 1 aromatic carbocycles. The van der Waals surface area contributed by atoms with Crippen LogP contribution in [0.15, 0.2) is 24.3 Å². The number of carbonyl (C=O) groups excluding carboxylic acids is 1. The van der Waals surface area contributed by atoms with Gasteiger partial charge in [-0.3, -0.25) is 4.79 Å². The van der Waals surface area contributed by atoms with Gasteiger partial charge in [-0.2, -0.15) is 0 Å². The van der Waals surface area contributed by atoms with Crippen molar-refractivity contribution >= 4 is 29.1 Å². The van der Waals surface area contributed by atoms with E-state index >= 15 is 0 Å². The van der Waals surface area contributed by atoms with Crippen LogP contribution in [0.4, 0.5) is 0 Å². The van der Waals surface area contributed by atoms with Gasteiger partial charge in [-0.1, -0.05) is 36.6 Å². The topological polar surface area (TPSA) is 20.3 Å². The van der Waals surface area contributed by atoms with Crippen LogP contribution in [-0.4, -0.2) is 29.8 Å². The van der Waals surface area contributed by atoms with Crippen molar-refractivity contribution in [3.05, 3.63) is 34.9 Å². The predicted molar refractivity (Wildman–Crippen MR) is 84.6 cm³/mol. The van der Waals surface area contributed by atoms with Gasteiger partial charge in [0.15, 0.2) is 0 Å². The van der Waals surface area contributed by atoms with E-state index in [1.54, 1.807) is 0 Å². The number of carbonyl (C=O) groups is 1. The highest BCUT2D eigenvalue weighted by atomic mass is 35.5. The number of likely N-dealkylation sites (tertiary alicyclic amines) is 1. The minimum absolute atomic E-state index is 0.136. The van der Waals surface area contributed by atoms with Crippen LogP contribution >= 0.6 is 23.2 Å². The third kappa shape index (κ3) is 4.13. The fourth-order valence-corrected chi connectivity index (χ4v) is 3.09. The molecule has 0 spiro atoms. The van der Waals surface area contributed by atoms with E-state index in [9.17, 15) is 4.79 Å². The van der Waals surface area contributed by atoms with Crippen molar-refractivity contribution in [2.45, 2.75) is 38.0 Å². The Kier molecular flexibility index (Phi) is 6.18. The molecule has 1 aliphatic heterocycles. The normalized spacial score (nSPS) is 17.6. The molecule has 1 aliphatic rings. The van der Waals surface area contributed by atoms with Crippen LogP contribution in [0, 0.1) is 0 Å². The molecule has 0 bridgehead atoms. The highest BCUT2D eigenvalue weighted by Gasteiger charge is 2.25. The largest absolute Gasteiger partial charge is 0.342 e. The van der Waals surface area contributed by atoms with E-state index in [-0.39, 0.29) is 11.8 Å². The molecule has 4 heteroatoms. The van der Waals surface area contributed by atoms with Crippen LogP contribution in [0.2, 0.25) is 5.02 Å². The summed E-state index contributed by atoms with van der Waals surface area (Å²) in [5, 5.41) is 0.695. The molecule has 0 radical (unpaired) electrons. The Bertz CT molecular complexity index is 425. The highest BCUT2D eigenvalue weighted by Crippen LogP contribution is 2.26. The van der Waals surface area contributed by atoms with Gasteiger partial charge in [0.2, 0.25) is 5.91 Å². The summed E-state index contributed by atoms with van der Waals surface area (Å²) in [6, 6.07) is 7.56. The third-order valence-electron chi connectivity index (χ3n) is 3.89. The van der Waals surface area contributed by atoms with Gasteiger partial charge in [0.25, 0.3) is 0 Å². The maximum absolute atomic E-state index is 12.8. The summed E-state index contributed by atoms with van der Waals surface area (Å²) in [5.74, 6) is 0.574. The Balaban J connectivity index is 2.14. The van der Waals surface area contributed by atoms with Crippen LogP contribution < -0.4 is 0 Å². The van der Waals surface area contributed by atoms with E-state index in [2.05, 4.69) is 0 Å². The monoisotopic (exact) mass is 313 g/mol. The second-order valence-electron chi connectivity index (χ2n) is 5.32. The SMILES string of the molecule is O=C(C(CCCl)c1ccc(Cl)cc1)N1CCCCCC1. The minimum atomic E-state index is -0.136. The standard InChI is InChI=1S/C16H21Cl2NO/c17-10-9-15(13-5-7-14(18)8-6-13)16(20)19-11-3-1-2-4-12-19/h5-8,15H,1-4,9-12H2. The number of rotatable bonds is 4. The second-order valence-corrected chi connectivity index (χ2v) is 6.14. The Labute approximate surface area is 131 Å². The van der Waals surface area contributed by atoms with Crippen LogP contribution in [-0.2, 0) is 4.79 Å². The molecule has 0 aromatic heterocycles. The zero-order valence-electron chi connectivity index (χ0n) is 11.7. The Morgan fingerprint density at radius 1 is 1.10 bits per heavy atom. The molecular weight excluding hydrogens is 293 g/mol. The van der Waals surface area contributed by atoms with Crippen molar-refractivity contribution in [1.82, 2.24) is 4.90 Å². The van der Waals surface area contributed by atoms with Gasteiger partial charge in [0.1, 0.15) is 0 Å². The molecule has 0 N–H and O–H groups in total. The van der Waals surface area contributed by atoms with Gasteiger partial charge in [-0.25, -0.2) is 0 Å². The summed E-state index contributed by atoms with van der Waals surface area (Å²) < 4.78 is 0.